The number of ketones is 1. The Morgan fingerprint density at radius 3 is 2.44 bits per heavy atom. The van der Waals surface area contributed by atoms with Crippen molar-refractivity contribution in [3.05, 3.63) is 41.5 Å². The Kier molecular flexibility index (Phi) is 3.39. The van der Waals surface area contributed by atoms with Gasteiger partial charge in [-0.2, -0.15) is 0 Å². The Bertz CT molecular complexity index is 558. The van der Waals surface area contributed by atoms with Gasteiger partial charge in [0.2, 0.25) is 0 Å². The van der Waals surface area contributed by atoms with Crippen molar-refractivity contribution < 1.29 is 9.59 Å². The molecule has 4 heteroatoms. The van der Waals surface area contributed by atoms with Crippen molar-refractivity contribution in [2.45, 2.75) is 20.3 Å². The molecule has 0 saturated heterocycles. The molecule has 92 valence electrons. The summed E-state index contributed by atoms with van der Waals surface area (Å²) in [4.78, 5) is 25.6. The minimum atomic E-state index is -0.331. The van der Waals surface area contributed by atoms with Crippen LogP contribution in [-0.2, 0) is 9.59 Å². The van der Waals surface area contributed by atoms with Crippen LogP contribution in [0.5, 0.6) is 0 Å². The van der Waals surface area contributed by atoms with Crippen molar-refractivity contribution in [2.75, 3.05) is 4.90 Å². The van der Waals surface area contributed by atoms with Crippen molar-refractivity contribution in [2.24, 2.45) is 0 Å². The van der Waals surface area contributed by atoms with Gasteiger partial charge in [0.25, 0.3) is 5.91 Å². The molecule has 1 heterocycles. The molecule has 0 fully saturated rings. The minimum Gasteiger partial charge on any atom is -0.294 e. The summed E-state index contributed by atoms with van der Waals surface area (Å²) in [6, 6.07) is 7.50. The molecule has 0 atom stereocenters. The zero-order valence-electron chi connectivity index (χ0n) is 10.3. The quantitative estimate of drug-likeness (QED) is 0.605. The van der Waals surface area contributed by atoms with E-state index in [1.807, 2.05) is 31.2 Å². The van der Waals surface area contributed by atoms with Gasteiger partial charge in [-0.1, -0.05) is 36.0 Å². The zero-order chi connectivity index (χ0) is 13.3. The van der Waals surface area contributed by atoms with Crippen LogP contribution >= 0.6 is 12.2 Å². The Balaban J connectivity index is 2.41. The van der Waals surface area contributed by atoms with Crippen LogP contribution in [-0.4, -0.2) is 16.7 Å². The molecule has 0 saturated carbocycles. The fourth-order valence-corrected chi connectivity index (χ4v) is 2.12. The normalized spacial score (nSPS) is 15.7. The van der Waals surface area contributed by atoms with E-state index in [-0.39, 0.29) is 17.3 Å². The van der Waals surface area contributed by atoms with E-state index in [1.165, 1.54) is 11.8 Å². The molecule has 0 radical (unpaired) electrons. The average molecular weight is 259 g/mol. The van der Waals surface area contributed by atoms with Gasteiger partial charge >= 0.3 is 0 Å². The fraction of sp³-hybridized carbons (Fsp3) is 0.214. The Hall–Kier alpha value is -1.81. The number of carbonyl (C=O) groups is 2. The molecule has 0 N–H and O–H groups in total. The second kappa shape index (κ2) is 4.82. The summed E-state index contributed by atoms with van der Waals surface area (Å²) in [6.07, 6.45) is 2.06. The van der Waals surface area contributed by atoms with Gasteiger partial charge in [-0.3, -0.25) is 14.5 Å². The van der Waals surface area contributed by atoms with E-state index < -0.39 is 0 Å². The first-order valence-corrected chi connectivity index (χ1v) is 6.06. The standard InChI is InChI=1S/C14H13NO2S/c1-9-3-5-11(6-4-9)15-13(18)8-7-12(10(2)16)14(15)17/h3-7H,8H2,1-2H3. The molecule has 3 nitrogen and oxygen atoms in total. The number of hydrogen-bond donors (Lipinski definition) is 0. The number of anilines is 1. The van der Waals surface area contributed by atoms with Crippen LogP contribution in [0.25, 0.3) is 0 Å². The Labute approximate surface area is 111 Å². The molecular formula is C14H13NO2S. The first-order valence-electron chi connectivity index (χ1n) is 5.66. The first kappa shape index (κ1) is 12.6. The van der Waals surface area contributed by atoms with Gasteiger partial charge in [0.05, 0.1) is 10.6 Å². The summed E-state index contributed by atoms with van der Waals surface area (Å²) < 4.78 is 0. The molecule has 1 aromatic rings. The lowest BCUT2D eigenvalue weighted by Crippen LogP contribution is -2.40. The molecule has 2 rings (SSSR count). The van der Waals surface area contributed by atoms with Gasteiger partial charge < -0.3 is 0 Å². The maximum atomic E-state index is 12.2. The number of aryl methyl sites for hydroxylation is 1. The lowest BCUT2D eigenvalue weighted by molar-refractivity contribution is -0.119. The largest absolute Gasteiger partial charge is 0.294 e. The monoisotopic (exact) mass is 259 g/mol. The lowest BCUT2D eigenvalue weighted by Gasteiger charge is -2.27. The lowest BCUT2D eigenvalue weighted by atomic mass is 10.0. The third-order valence-electron chi connectivity index (χ3n) is 2.84. The number of benzene rings is 1. The van der Waals surface area contributed by atoms with E-state index in [4.69, 9.17) is 12.2 Å². The van der Waals surface area contributed by atoms with Crippen LogP contribution < -0.4 is 4.90 Å². The molecule has 0 aliphatic carbocycles. The first-order chi connectivity index (χ1) is 8.50. The predicted octanol–water partition coefficient (Wildman–Crippen LogP) is 2.57. The molecule has 0 bridgehead atoms. The molecule has 18 heavy (non-hydrogen) atoms. The third kappa shape index (κ3) is 2.24. The smallest absolute Gasteiger partial charge is 0.266 e. The molecule has 1 aliphatic heterocycles. The van der Waals surface area contributed by atoms with Crippen LogP contribution in [0.4, 0.5) is 5.69 Å². The highest BCUT2D eigenvalue weighted by atomic mass is 32.1. The highest BCUT2D eigenvalue weighted by molar-refractivity contribution is 7.80. The predicted molar refractivity (Wildman–Crippen MR) is 74.6 cm³/mol. The van der Waals surface area contributed by atoms with E-state index in [0.717, 1.165) is 5.56 Å². The van der Waals surface area contributed by atoms with Crippen molar-refractivity contribution in [1.82, 2.24) is 0 Å². The fourth-order valence-electron chi connectivity index (χ4n) is 1.85. The van der Waals surface area contributed by atoms with Gasteiger partial charge in [0, 0.05) is 12.1 Å². The third-order valence-corrected chi connectivity index (χ3v) is 3.18. The highest BCUT2D eigenvalue weighted by Crippen LogP contribution is 2.23. The summed E-state index contributed by atoms with van der Waals surface area (Å²) >= 11 is 5.21. The summed E-state index contributed by atoms with van der Waals surface area (Å²) in [5, 5.41) is 0. The van der Waals surface area contributed by atoms with Crippen LogP contribution in [0.1, 0.15) is 18.9 Å². The van der Waals surface area contributed by atoms with Crippen molar-refractivity contribution in [3.63, 3.8) is 0 Å². The average Bonchev–Trinajstić information content (AvgIpc) is 2.31. The highest BCUT2D eigenvalue weighted by Gasteiger charge is 2.29. The second-order valence-electron chi connectivity index (χ2n) is 4.25. The van der Waals surface area contributed by atoms with Crippen LogP contribution in [0.3, 0.4) is 0 Å². The Morgan fingerprint density at radius 2 is 1.89 bits per heavy atom. The maximum Gasteiger partial charge on any atom is 0.266 e. The van der Waals surface area contributed by atoms with E-state index in [9.17, 15) is 9.59 Å². The molecular weight excluding hydrogens is 246 g/mol. The molecule has 1 aromatic carbocycles. The van der Waals surface area contributed by atoms with Crippen LogP contribution in [0, 0.1) is 6.92 Å². The number of hydrogen-bond acceptors (Lipinski definition) is 3. The topological polar surface area (TPSA) is 37.4 Å². The summed E-state index contributed by atoms with van der Waals surface area (Å²) in [5.41, 5.74) is 2.03. The number of Topliss-reactive ketones (excluding diaryl/α,β-unsaturated/α-hetero) is 1. The van der Waals surface area contributed by atoms with Crippen molar-refractivity contribution >= 4 is 34.6 Å². The van der Waals surface area contributed by atoms with Crippen LogP contribution in [0.15, 0.2) is 35.9 Å². The van der Waals surface area contributed by atoms with E-state index in [0.29, 0.717) is 17.1 Å². The number of amides is 1. The van der Waals surface area contributed by atoms with Crippen molar-refractivity contribution in [1.29, 1.82) is 0 Å². The van der Waals surface area contributed by atoms with Gasteiger partial charge in [0.1, 0.15) is 0 Å². The number of thiocarbonyl (C=S) groups is 1. The summed E-state index contributed by atoms with van der Waals surface area (Å²) in [5.74, 6) is -0.554. The molecule has 1 aliphatic rings. The SMILES string of the molecule is CC(=O)C1=CCC(=S)N(c2ccc(C)cc2)C1=O. The molecule has 0 aromatic heterocycles. The summed E-state index contributed by atoms with van der Waals surface area (Å²) in [7, 11) is 0. The van der Waals surface area contributed by atoms with Gasteiger partial charge in [-0.25, -0.2) is 0 Å². The summed E-state index contributed by atoms with van der Waals surface area (Å²) in [6.45, 7) is 3.37. The van der Waals surface area contributed by atoms with Gasteiger partial charge in [-0.05, 0) is 26.0 Å². The molecule has 0 spiro atoms. The zero-order valence-corrected chi connectivity index (χ0v) is 11.1. The van der Waals surface area contributed by atoms with Crippen LogP contribution in [0.2, 0.25) is 0 Å². The minimum absolute atomic E-state index is 0.212. The van der Waals surface area contributed by atoms with E-state index in [2.05, 4.69) is 0 Å². The van der Waals surface area contributed by atoms with Gasteiger partial charge in [-0.15, -0.1) is 0 Å². The van der Waals surface area contributed by atoms with Crippen molar-refractivity contribution in [3.8, 4) is 0 Å². The van der Waals surface area contributed by atoms with E-state index >= 15 is 0 Å². The number of carbonyl (C=O) groups excluding carboxylic acids is 2. The Morgan fingerprint density at radius 1 is 1.28 bits per heavy atom. The second-order valence-corrected chi connectivity index (χ2v) is 4.72. The molecule has 0 unspecified atom stereocenters. The van der Waals surface area contributed by atoms with Gasteiger partial charge in [0.15, 0.2) is 5.78 Å². The number of nitrogens with zero attached hydrogens (tertiary/aromatic N) is 1. The van der Waals surface area contributed by atoms with E-state index in [1.54, 1.807) is 6.08 Å². The maximum absolute atomic E-state index is 12.2. The molecule has 1 amide bonds. The number of rotatable bonds is 2.